The number of thiophene rings is 1. The van der Waals surface area contributed by atoms with Gasteiger partial charge in [0.05, 0.1) is 15.4 Å². The normalized spacial score (nSPS) is 16.3. The number of carbonyl (C=O) groups excluding carboxylic acids is 1. The van der Waals surface area contributed by atoms with Crippen LogP contribution in [-0.2, 0) is 4.79 Å². The number of nitrogens with one attached hydrogen (secondary N) is 3. The summed E-state index contributed by atoms with van der Waals surface area (Å²) in [6.45, 7) is 8.23. The fourth-order valence-corrected chi connectivity index (χ4v) is 3.81. The van der Waals surface area contributed by atoms with E-state index in [0.717, 1.165) is 52.6 Å². The van der Waals surface area contributed by atoms with E-state index >= 15 is 0 Å². The topological polar surface area (TPSA) is 53.2 Å². The van der Waals surface area contributed by atoms with Crippen molar-refractivity contribution in [3.05, 3.63) is 57.8 Å². The van der Waals surface area contributed by atoms with Crippen LogP contribution in [0.5, 0.6) is 0 Å². The molecule has 0 aliphatic carbocycles. The predicted molar refractivity (Wildman–Crippen MR) is 109 cm³/mol. The van der Waals surface area contributed by atoms with Crippen molar-refractivity contribution in [2.75, 3.05) is 18.4 Å². The average molecular weight is 366 g/mol. The zero-order valence-corrected chi connectivity index (χ0v) is 15.7. The van der Waals surface area contributed by atoms with Gasteiger partial charge in [0.25, 0.3) is 0 Å². The molecule has 2 aromatic rings. The number of benzene rings is 1. The summed E-state index contributed by atoms with van der Waals surface area (Å²) < 4.78 is 0. The van der Waals surface area contributed by atoms with Gasteiger partial charge in [0, 0.05) is 23.8 Å². The van der Waals surface area contributed by atoms with Crippen molar-refractivity contribution in [3.63, 3.8) is 0 Å². The van der Waals surface area contributed by atoms with Gasteiger partial charge in [0.15, 0.2) is 0 Å². The maximum atomic E-state index is 11.0. The third-order valence-electron chi connectivity index (χ3n) is 4.28. The van der Waals surface area contributed by atoms with Crippen LogP contribution >= 0.6 is 11.3 Å². The Bertz CT molecular complexity index is 836. The molecule has 1 saturated heterocycles. The largest absolute Gasteiger partial charge is 0.380 e. The van der Waals surface area contributed by atoms with Crippen molar-refractivity contribution in [1.82, 2.24) is 10.6 Å². The number of hydrogen-bond acceptors (Lipinski definition) is 4. The molecular weight excluding hydrogens is 342 g/mol. The SMILES string of the molecule is C=C(N[C@H]1CCCNC1)c1sc(C#Cc2ccc(C)cc2)cc1NC=O. The molecule has 1 aromatic heterocycles. The number of carbonyl (C=O) groups is 1. The number of aryl methyl sites for hydroxylation is 1. The molecule has 5 heteroatoms. The summed E-state index contributed by atoms with van der Waals surface area (Å²) in [5.41, 5.74) is 3.77. The maximum Gasteiger partial charge on any atom is 0.211 e. The lowest BCUT2D eigenvalue weighted by molar-refractivity contribution is -0.105. The third-order valence-corrected chi connectivity index (χ3v) is 5.39. The lowest BCUT2D eigenvalue weighted by atomic mass is 10.1. The Labute approximate surface area is 158 Å². The molecule has 0 bridgehead atoms. The van der Waals surface area contributed by atoms with Gasteiger partial charge in [-0.3, -0.25) is 4.79 Å². The van der Waals surface area contributed by atoms with E-state index in [0.29, 0.717) is 12.5 Å². The van der Waals surface area contributed by atoms with Crippen molar-refractivity contribution in [2.24, 2.45) is 0 Å². The van der Waals surface area contributed by atoms with Gasteiger partial charge >= 0.3 is 0 Å². The van der Waals surface area contributed by atoms with Crippen LogP contribution in [0.3, 0.4) is 0 Å². The maximum absolute atomic E-state index is 11.0. The van der Waals surface area contributed by atoms with Crippen LogP contribution < -0.4 is 16.0 Å². The molecule has 1 aromatic carbocycles. The van der Waals surface area contributed by atoms with Crippen LogP contribution in [0.25, 0.3) is 5.70 Å². The first-order chi connectivity index (χ1) is 12.7. The molecule has 134 valence electrons. The van der Waals surface area contributed by atoms with Crippen LogP contribution in [0.4, 0.5) is 5.69 Å². The molecule has 1 amide bonds. The highest BCUT2D eigenvalue weighted by Crippen LogP contribution is 2.31. The lowest BCUT2D eigenvalue weighted by Gasteiger charge is -2.25. The number of rotatable bonds is 5. The Morgan fingerprint density at radius 2 is 2.15 bits per heavy atom. The summed E-state index contributed by atoms with van der Waals surface area (Å²) in [4.78, 5) is 12.8. The molecule has 0 radical (unpaired) electrons. The molecule has 3 N–H and O–H groups in total. The molecular formula is C21H23N3OS. The molecule has 0 saturated carbocycles. The van der Waals surface area contributed by atoms with Crippen molar-refractivity contribution in [3.8, 4) is 11.8 Å². The molecule has 4 nitrogen and oxygen atoms in total. The lowest BCUT2D eigenvalue weighted by Crippen LogP contribution is -2.42. The summed E-state index contributed by atoms with van der Waals surface area (Å²) in [5, 5.41) is 9.63. The van der Waals surface area contributed by atoms with E-state index in [1.165, 1.54) is 5.56 Å². The van der Waals surface area contributed by atoms with Gasteiger partial charge in [0.1, 0.15) is 0 Å². The summed E-state index contributed by atoms with van der Waals surface area (Å²) in [6, 6.07) is 10.4. The second-order valence-corrected chi connectivity index (χ2v) is 7.45. The van der Waals surface area contributed by atoms with E-state index in [1.54, 1.807) is 11.3 Å². The van der Waals surface area contributed by atoms with Crippen LogP contribution in [-0.4, -0.2) is 25.5 Å². The van der Waals surface area contributed by atoms with E-state index < -0.39 is 0 Å². The Morgan fingerprint density at radius 3 is 2.85 bits per heavy atom. The minimum Gasteiger partial charge on any atom is -0.380 e. The first-order valence-corrected chi connectivity index (χ1v) is 9.56. The van der Waals surface area contributed by atoms with E-state index in [2.05, 4.69) is 41.3 Å². The molecule has 0 spiro atoms. The summed E-state index contributed by atoms with van der Waals surface area (Å²) in [6.07, 6.45) is 2.97. The van der Waals surface area contributed by atoms with E-state index in [1.807, 2.05) is 30.3 Å². The minimum absolute atomic E-state index is 0.365. The Hall–Kier alpha value is -2.55. The standard InChI is InChI=1S/C21H23N3OS/c1-15-5-7-17(8-6-15)9-10-19-12-20(23-14-25)21(26-19)16(2)24-18-4-3-11-22-13-18/h5-8,12,14,18,22,24H,2-4,11,13H2,1H3,(H,23,25)/t18-/m0/s1. The molecule has 2 heterocycles. The van der Waals surface area contributed by atoms with Crippen molar-refractivity contribution in [2.45, 2.75) is 25.8 Å². The molecule has 1 aliphatic heterocycles. The molecule has 3 rings (SSSR count). The third kappa shape index (κ3) is 4.75. The fraction of sp³-hybridized carbons (Fsp3) is 0.286. The Balaban J connectivity index is 1.78. The number of anilines is 1. The second kappa shape index (κ2) is 8.70. The smallest absolute Gasteiger partial charge is 0.211 e. The van der Waals surface area contributed by atoms with Crippen LogP contribution in [0.2, 0.25) is 0 Å². The van der Waals surface area contributed by atoms with Gasteiger partial charge in [-0.2, -0.15) is 0 Å². The van der Waals surface area contributed by atoms with Crippen molar-refractivity contribution < 1.29 is 4.79 Å². The predicted octanol–water partition coefficient (Wildman–Crippen LogP) is 3.34. The van der Waals surface area contributed by atoms with Crippen molar-refractivity contribution >= 4 is 29.1 Å². The van der Waals surface area contributed by atoms with Crippen LogP contribution in [0.15, 0.2) is 36.9 Å². The van der Waals surface area contributed by atoms with Crippen LogP contribution in [0, 0.1) is 18.8 Å². The number of amides is 1. The van der Waals surface area contributed by atoms with Gasteiger partial charge in [-0.05, 0) is 44.5 Å². The highest BCUT2D eigenvalue weighted by Gasteiger charge is 2.17. The van der Waals surface area contributed by atoms with Gasteiger partial charge in [-0.1, -0.05) is 36.1 Å². The number of piperidine rings is 1. The first-order valence-electron chi connectivity index (χ1n) is 8.75. The fourth-order valence-electron chi connectivity index (χ4n) is 2.91. The summed E-state index contributed by atoms with van der Waals surface area (Å²) in [7, 11) is 0. The first kappa shape index (κ1) is 18.2. The van der Waals surface area contributed by atoms with Crippen LogP contribution in [0.1, 0.15) is 33.7 Å². The molecule has 1 atom stereocenters. The summed E-state index contributed by atoms with van der Waals surface area (Å²) in [5.74, 6) is 6.36. The molecule has 1 aliphatic rings. The van der Waals surface area contributed by atoms with E-state index in [9.17, 15) is 4.79 Å². The Morgan fingerprint density at radius 1 is 1.35 bits per heavy atom. The van der Waals surface area contributed by atoms with Crippen molar-refractivity contribution in [1.29, 1.82) is 0 Å². The van der Waals surface area contributed by atoms with Gasteiger partial charge < -0.3 is 16.0 Å². The highest BCUT2D eigenvalue weighted by molar-refractivity contribution is 7.14. The van der Waals surface area contributed by atoms with Gasteiger partial charge in [-0.15, -0.1) is 11.3 Å². The van der Waals surface area contributed by atoms with E-state index in [4.69, 9.17) is 0 Å². The van der Waals surface area contributed by atoms with Gasteiger partial charge in [0.2, 0.25) is 6.41 Å². The number of hydrogen-bond donors (Lipinski definition) is 3. The zero-order chi connectivity index (χ0) is 18.4. The average Bonchev–Trinajstić information content (AvgIpc) is 3.05. The van der Waals surface area contributed by atoms with Gasteiger partial charge in [-0.25, -0.2) is 0 Å². The molecule has 1 fully saturated rings. The summed E-state index contributed by atoms with van der Waals surface area (Å²) >= 11 is 1.54. The molecule has 26 heavy (non-hydrogen) atoms. The Kier molecular flexibility index (Phi) is 6.11. The molecule has 0 unspecified atom stereocenters. The van der Waals surface area contributed by atoms with E-state index in [-0.39, 0.29) is 0 Å². The quantitative estimate of drug-likeness (QED) is 0.563. The second-order valence-electron chi connectivity index (χ2n) is 6.40. The zero-order valence-electron chi connectivity index (χ0n) is 14.9. The minimum atomic E-state index is 0.365. The highest BCUT2D eigenvalue weighted by atomic mass is 32.1. The monoisotopic (exact) mass is 365 g/mol.